The third kappa shape index (κ3) is 4.80. The third-order valence-corrected chi connectivity index (χ3v) is 7.50. The van der Waals surface area contributed by atoms with Gasteiger partial charge < -0.3 is 4.90 Å². The summed E-state index contributed by atoms with van der Waals surface area (Å²) in [5, 5.41) is 3.81. The Bertz CT molecular complexity index is 1280. The number of nitrogens with zero attached hydrogens (tertiary/aromatic N) is 3. The van der Waals surface area contributed by atoms with E-state index in [-0.39, 0.29) is 33.2 Å². The number of nitrogens with one attached hydrogen (secondary N) is 1. The lowest BCUT2D eigenvalue weighted by Crippen LogP contribution is -2.31. The van der Waals surface area contributed by atoms with Crippen molar-refractivity contribution in [1.82, 2.24) is 14.5 Å². The van der Waals surface area contributed by atoms with Crippen LogP contribution in [0, 0.1) is 11.7 Å². The predicted octanol–water partition coefficient (Wildman–Crippen LogP) is 3.48. The first-order chi connectivity index (χ1) is 15.2. The van der Waals surface area contributed by atoms with Gasteiger partial charge in [-0.2, -0.15) is 9.78 Å². The van der Waals surface area contributed by atoms with Crippen molar-refractivity contribution >= 4 is 38.9 Å². The van der Waals surface area contributed by atoms with Gasteiger partial charge in [0.25, 0.3) is 5.56 Å². The van der Waals surface area contributed by atoms with Crippen molar-refractivity contribution in [1.29, 1.82) is 0 Å². The van der Waals surface area contributed by atoms with Crippen LogP contribution in [-0.2, 0) is 10.0 Å². The molecule has 0 bridgehead atoms. The molecule has 0 amide bonds. The molecular formula is C21H19Cl2FN4O3S. The molecule has 0 saturated carbocycles. The van der Waals surface area contributed by atoms with E-state index in [1.807, 2.05) is 0 Å². The maximum absolute atomic E-state index is 13.1. The standard InChI is InChI=1S/C21H19Cl2FN4O3S/c22-19-12-25-28(21(29)20(19)23)17-5-7-18(8-6-17)32(30,31)26-11-14-9-10-27(13-14)16-3-1-15(24)2-4-16/h1-8,12,14,26H,9-11,13H2. The van der Waals surface area contributed by atoms with Crippen molar-refractivity contribution in [3.05, 3.63) is 80.9 Å². The fraction of sp³-hybridized carbons (Fsp3) is 0.238. The van der Waals surface area contributed by atoms with E-state index in [1.165, 1.54) is 42.6 Å². The van der Waals surface area contributed by atoms with Gasteiger partial charge in [0.2, 0.25) is 10.0 Å². The van der Waals surface area contributed by atoms with Crippen LogP contribution in [0.4, 0.5) is 10.1 Å². The topological polar surface area (TPSA) is 84.3 Å². The van der Waals surface area contributed by atoms with Gasteiger partial charge in [-0.3, -0.25) is 4.79 Å². The maximum atomic E-state index is 13.1. The Balaban J connectivity index is 1.40. The highest BCUT2D eigenvalue weighted by Crippen LogP contribution is 2.24. The van der Waals surface area contributed by atoms with E-state index >= 15 is 0 Å². The van der Waals surface area contributed by atoms with Crippen molar-refractivity contribution in [2.45, 2.75) is 11.3 Å². The van der Waals surface area contributed by atoms with E-state index in [2.05, 4.69) is 14.7 Å². The van der Waals surface area contributed by atoms with Crippen LogP contribution in [-0.4, -0.2) is 37.8 Å². The minimum atomic E-state index is -3.73. The molecule has 3 aromatic rings. The average Bonchev–Trinajstić information content (AvgIpc) is 3.26. The van der Waals surface area contributed by atoms with E-state index in [0.717, 1.165) is 23.3 Å². The molecule has 4 rings (SSSR count). The number of halogens is 3. The largest absolute Gasteiger partial charge is 0.371 e. The Hall–Kier alpha value is -2.46. The molecular weight excluding hydrogens is 478 g/mol. The second-order valence-corrected chi connectivity index (χ2v) is 10.00. The first kappa shape index (κ1) is 22.7. The Morgan fingerprint density at radius 3 is 2.41 bits per heavy atom. The normalized spacial score (nSPS) is 16.5. The van der Waals surface area contributed by atoms with E-state index < -0.39 is 15.6 Å². The zero-order chi connectivity index (χ0) is 22.9. The molecule has 0 spiro atoms. The molecule has 1 N–H and O–H groups in total. The van der Waals surface area contributed by atoms with E-state index in [1.54, 1.807) is 12.1 Å². The average molecular weight is 497 g/mol. The number of rotatable bonds is 6. The van der Waals surface area contributed by atoms with Crippen LogP contribution in [0.1, 0.15) is 6.42 Å². The van der Waals surface area contributed by atoms with Crippen LogP contribution in [0.25, 0.3) is 5.69 Å². The molecule has 1 unspecified atom stereocenters. The van der Waals surface area contributed by atoms with E-state index in [0.29, 0.717) is 12.2 Å². The summed E-state index contributed by atoms with van der Waals surface area (Å²) in [6.45, 7) is 1.74. The van der Waals surface area contributed by atoms with Crippen LogP contribution in [0.15, 0.2) is 64.4 Å². The summed E-state index contributed by atoms with van der Waals surface area (Å²) in [7, 11) is -3.73. The molecule has 2 heterocycles. The van der Waals surface area contributed by atoms with Gasteiger partial charge >= 0.3 is 0 Å². The lowest BCUT2D eigenvalue weighted by Gasteiger charge is -2.19. The molecule has 1 fully saturated rings. The fourth-order valence-electron chi connectivity index (χ4n) is 3.56. The first-order valence-electron chi connectivity index (χ1n) is 9.78. The summed E-state index contributed by atoms with van der Waals surface area (Å²) in [5.74, 6) is -0.156. The molecule has 7 nitrogen and oxygen atoms in total. The SMILES string of the molecule is O=c1c(Cl)c(Cl)cnn1-c1ccc(S(=O)(=O)NCC2CCN(c3ccc(F)cc3)C2)cc1. The highest BCUT2D eigenvalue weighted by Gasteiger charge is 2.25. The lowest BCUT2D eigenvalue weighted by molar-refractivity contribution is 0.541. The van der Waals surface area contributed by atoms with Crippen molar-refractivity contribution in [2.24, 2.45) is 5.92 Å². The van der Waals surface area contributed by atoms with Gasteiger partial charge in [-0.15, -0.1) is 0 Å². The van der Waals surface area contributed by atoms with Crippen molar-refractivity contribution in [3.63, 3.8) is 0 Å². The summed E-state index contributed by atoms with van der Waals surface area (Å²) in [4.78, 5) is 14.4. The number of benzene rings is 2. The highest BCUT2D eigenvalue weighted by atomic mass is 35.5. The zero-order valence-corrected chi connectivity index (χ0v) is 19.0. The number of aromatic nitrogens is 2. The van der Waals surface area contributed by atoms with Crippen molar-refractivity contribution < 1.29 is 12.8 Å². The van der Waals surface area contributed by atoms with Crippen LogP contribution >= 0.6 is 23.2 Å². The summed E-state index contributed by atoms with van der Waals surface area (Å²) in [5.41, 5.74) is 0.677. The summed E-state index contributed by atoms with van der Waals surface area (Å²) in [6, 6.07) is 12.0. The minimum Gasteiger partial charge on any atom is -0.371 e. The maximum Gasteiger partial charge on any atom is 0.291 e. The Morgan fingerprint density at radius 2 is 1.72 bits per heavy atom. The molecule has 1 aromatic heterocycles. The number of anilines is 1. The molecule has 1 atom stereocenters. The van der Waals surface area contributed by atoms with E-state index in [4.69, 9.17) is 23.2 Å². The van der Waals surface area contributed by atoms with Crippen molar-refractivity contribution in [3.8, 4) is 5.69 Å². The molecule has 168 valence electrons. The lowest BCUT2D eigenvalue weighted by atomic mass is 10.1. The first-order valence-corrected chi connectivity index (χ1v) is 12.0. The van der Waals surface area contributed by atoms with Gasteiger partial charge in [0, 0.05) is 25.3 Å². The predicted molar refractivity (Wildman–Crippen MR) is 122 cm³/mol. The summed E-state index contributed by atoms with van der Waals surface area (Å²) < 4.78 is 42.2. The Labute approximate surface area is 194 Å². The molecule has 11 heteroatoms. The molecule has 2 aromatic carbocycles. The smallest absolute Gasteiger partial charge is 0.291 e. The third-order valence-electron chi connectivity index (χ3n) is 5.31. The van der Waals surface area contributed by atoms with Crippen molar-refractivity contribution in [2.75, 3.05) is 24.5 Å². The molecule has 1 saturated heterocycles. The monoisotopic (exact) mass is 496 g/mol. The second-order valence-electron chi connectivity index (χ2n) is 7.45. The summed E-state index contributed by atoms with van der Waals surface area (Å²) in [6.07, 6.45) is 2.07. The van der Waals surface area contributed by atoms with Gasteiger partial charge in [0.05, 0.1) is 21.8 Å². The summed E-state index contributed by atoms with van der Waals surface area (Å²) >= 11 is 11.6. The minimum absolute atomic E-state index is 0.0428. The van der Waals surface area contributed by atoms with Crippen LogP contribution < -0.4 is 15.2 Å². The quantitative estimate of drug-likeness (QED) is 0.564. The Kier molecular flexibility index (Phi) is 6.52. The fourth-order valence-corrected chi connectivity index (χ4v) is 4.93. The number of hydrogen-bond acceptors (Lipinski definition) is 5. The van der Waals surface area contributed by atoms with Gasteiger partial charge in [-0.05, 0) is 60.9 Å². The molecule has 0 aliphatic carbocycles. The number of sulfonamides is 1. The van der Waals surface area contributed by atoms with Crippen LogP contribution in [0.5, 0.6) is 0 Å². The zero-order valence-electron chi connectivity index (χ0n) is 16.7. The van der Waals surface area contributed by atoms with Gasteiger partial charge in [-0.1, -0.05) is 23.2 Å². The number of hydrogen-bond donors (Lipinski definition) is 1. The second kappa shape index (κ2) is 9.19. The van der Waals surface area contributed by atoms with E-state index in [9.17, 15) is 17.6 Å². The van der Waals surface area contributed by atoms with Crippen LogP contribution in [0.3, 0.4) is 0 Å². The van der Waals surface area contributed by atoms with Crippen LogP contribution in [0.2, 0.25) is 10.0 Å². The van der Waals surface area contributed by atoms with Gasteiger partial charge in [0.15, 0.2) is 0 Å². The molecule has 1 aliphatic heterocycles. The highest BCUT2D eigenvalue weighted by molar-refractivity contribution is 7.89. The van der Waals surface area contributed by atoms with Gasteiger partial charge in [0.1, 0.15) is 10.8 Å². The molecule has 0 radical (unpaired) electrons. The van der Waals surface area contributed by atoms with Gasteiger partial charge in [-0.25, -0.2) is 17.5 Å². The molecule has 32 heavy (non-hydrogen) atoms. The molecule has 1 aliphatic rings. The Morgan fingerprint density at radius 1 is 1.06 bits per heavy atom.